The molecule has 1 aliphatic rings. The Morgan fingerprint density at radius 2 is 1.83 bits per heavy atom. The molecular weight excluding hydrogens is 396 g/mol. The van der Waals surface area contributed by atoms with Crippen molar-refractivity contribution in [1.29, 1.82) is 0 Å². The average molecular weight is 427 g/mol. The molecule has 160 valence electrons. The van der Waals surface area contributed by atoms with Gasteiger partial charge in [0.25, 0.3) is 8.32 Å². The van der Waals surface area contributed by atoms with E-state index in [-0.39, 0.29) is 5.04 Å². The fourth-order valence-corrected chi connectivity index (χ4v) is 4.03. The Labute approximate surface area is 178 Å². The molecule has 1 aliphatic heterocycles. The Bertz CT molecular complexity index is 1050. The molecule has 0 amide bonds. The summed E-state index contributed by atoms with van der Waals surface area (Å²) >= 11 is 0. The maximum absolute atomic E-state index is 6.71. The summed E-state index contributed by atoms with van der Waals surface area (Å²) in [6.45, 7) is 14.1. The largest absolute Gasteiger partial charge is 0.466 e. The summed E-state index contributed by atoms with van der Waals surface area (Å²) in [4.78, 5) is 16.2. The lowest BCUT2D eigenvalue weighted by Crippen LogP contribution is -2.48. The van der Waals surface area contributed by atoms with E-state index in [0.29, 0.717) is 30.5 Å². The van der Waals surface area contributed by atoms with E-state index < -0.39 is 8.32 Å². The number of aromatic nitrogens is 4. The maximum Gasteiger partial charge on any atom is 0.284 e. The van der Waals surface area contributed by atoms with E-state index in [4.69, 9.17) is 25.0 Å². The monoisotopic (exact) mass is 426 g/mol. The highest BCUT2D eigenvalue weighted by atomic mass is 28.4. The molecule has 1 fully saturated rings. The molecule has 9 heteroatoms. The predicted molar refractivity (Wildman–Crippen MR) is 122 cm³/mol. The van der Waals surface area contributed by atoms with Crippen LogP contribution in [0, 0.1) is 0 Å². The first kappa shape index (κ1) is 20.6. The van der Waals surface area contributed by atoms with Gasteiger partial charge >= 0.3 is 0 Å². The van der Waals surface area contributed by atoms with Crippen LogP contribution in [-0.2, 0) is 4.74 Å². The number of ether oxygens (including phenoxy) is 1. The third kappa shape index (κ3) is 3.74. The Morgan fingerprint density at radius 1 is 1.10 bits per heavy atom. The van der Waals surface area contributed by atoms with Crippen LogP contribution in [0.4, 0.5) is 11.6 Å². The van der Waals surface area contributed by atoms with E-state index in [0.717, 1.165) is 30.0 Å². The van der Waals surface area contributed by atoms with E-state index in [1.165, 1.54) is 0 Å². The second-order valence-electron chi connectivity index (χ2n) is 9.13. The minimum Gasteiger partial charge on any atom is -0.466 e. The highest BCUT2D eigenvalue weighted by molar-refractivity contribution is 6.74. The summed E-state index contributed by atoms with van der Waals surface area (Å²) < 4.78 is 14.0. The van der Waals surface area contributed by atoms with Gasteiger partial charge in [0.15, 0.2) is 11.5 Å². The number of anilines is 2. The summed E-state index contributed by atoms with van der Waals surface area (Å²) in [5.41, 5.74) is 8.39. The molecule has 3 aromatic rings. The zero-order valence-electron chi connectivity index (χ0n) is 18.3. The van der Waals surface area contributed by atoms with E-state index >= 15 is 0 Å². The van der Waals surface area contributed by atoms with Crippen molar-refractivity contribution in [2.24, 2.45) is 0 Å². The van der Waals surface area contributed by atoms with Gasteiger partial charge in [-0.15, -0.1) is 0 Å². The van der Waals surface area contributed by atoms with Crippen LogP contribution in [0.2, 0.25) is 18.1 Å². The molecule has 0 unspecified atom stereocenters. The summed E-state index contributed by atoms with van der Waals surface area (Å²) in [6.07, 6.45) is 1.68. The molecule has 0 bridgehead atoms. The Kier molecular flexibility index (Phi) is 5.19. The molecule has 0 aromatic carbocycles. The zero-order valence-corrected chi connectivity index (χ0v) is 19.3. The third-order valence-corrected chi connectivity index (χ3v) is 10.2. The van der Waals surface area contributed by atoms with Crippen LogP contribution in [0.15, 0.2) is 30.5 Å². The highest BCUT2D eigenvalue weighted by Gasteiger charge is 2.41. The molecule has 4 heterocycles. The zero-order chi connectivity index (χ0) is 21.5. The SMILES string of the molecule is CC(C)(C)[Si](C)(C)On1c(-c2cccnc2N)nc2ccc(N3CCOCC3)nc21. The number of hydrogen-bond donors (Lipinski definition) is 1. The number of pyridine rings is 2. The van der Waals surface area contributed by atoms with Crippen molar-refractivity contribution < 1.29 is 9.26 Å². The second-order valence-corrected chi connectivity index (χ2v) is 13.8. The van der Waals surface area contributed by atoms with Gasteiger partial charge in [-0.3, -0.25) is 0 Å². The third-order valence-electron chi connectivity index (χ3n) is 5.99. The van der Waals surface area contributed by atoms with Crippen LogP contribution in [0.5, 0.6) is 0 Å². The highest BCUT2D eigenvalue weighted by Crippen LogP contribution is 2.37. The minimum atomic E-state index is -2.18. The molecule has 4 rings (SSSR count). The number of nitrogens with two attached hydrogens (primary N) is 1. The van der Waals surface area contributed by atoms with Gasteiger partial charge in [0.1, 0.15) is 17.2 Å². The lowest BCUT2D eigenvalue weighted by Gasteiger charge is -2.36. The summed E-state index contributed by atoms with van der Waals surface area (Å²) in [7, 11) is -2.18. The summed E-state index contributed by atoms with van der Waals surface area (Å²) in [5.74, 6) is 1.95. The average Bonchev–Trinajstić information content (AvgIpc) is 3.05. The van der Waals surface area contributed by atoms with Crippen LogP contribution < -0.4 is 15.2 Å². The number of nitrogens with zero attached hydrogens (tertiary/aromatic N) is 5. The van der Waals surface area contributed by atoms with E-state index in [1.807, 2.05) is 24.3 Å². The van der Waals surface area contributed by atoms with Crippen molar-refractivity contribution in [3.05, 3.63) is 30.5 Å². The molecular formula is C21H30N6O2Si. The maximum atomic E-state index is 6.71. The number of morpholine rings is 1. The van der Waals surface area contributed by atoms with Gasteiger partial charge < -0.3 is 19.9 Å². The first-order chi connectivity index (χ1) is 14.2. The molecule has 2 N–H and O–H groups in total. The van der Waals surface area contributed by atoms with Gasteiger partial charge in [0.05, 0.1) is 18.8 Å². The molecule has 0 radical (unpaired) electrons. The topological polar surface area (TPSA) is 91.3 Å². The van der Waals surface area contributed by atoms with E-state index in [2.05, 4.69) is 43.7 Å². The van der Waals surface area contributed by atoms with E-state index in [9.17, 15) is 0 Å². The smallest absolute Gasteiger partial charge is 0.284 e. The van der Waals surface area contributed by atoms with Gasteiger partial charge in [-0.1, -0.05) is 20.8 Å². The number of rotatable bonds is 4. The van der Waals surface area contributed by atoms with Crippen LogP contribution in [0.25, 0.3) is 22.6 Å². The molecule has 1 saturated heterocycles. The number of nitrogen functional groups attached to an aromatic ring is 1. The van der Waals surface area contributed by atoms with Gasteiger partial charge in [0.2, 0.25) is 0 Å². The fraction of sp³-hybridized carbons (Fsp3) is 0.476. The number of fused-ring (bicyclic) bond motifs is 1. The molecule has 30 heavy (non-hydrogen) atoms. The molecule has 0 aliphatic carbocycles. The first-order valence-corrected chi connectivity index (χ1v) is 13.2. The van der Waals surface area contributed by atoms with Crippen LogP contribution in [0.3, 0.4) is 0 Å². The quantitative estimate of drug-likeness (QED) is 0.640. The molecule has 0 saturated carbocycles. The summed E-state index contributed by atoms with van der Waals surface area (Å²) in [6, 6.07) is 7.77. The van der Waals surface area contributed by atoms with Crippen LogP contribution >= 0.6 is 0 Å². The normalized spacial score (nSPS) is 15.6. The van der Waals surface area contributed by atoms with Gasteiger partial charge in [-0.25, -0.2) is 15.0 Å². The van der Waals surface area contributed by atoms with Crippen molar-refractivity contribution in [3.8, 4) is 11.4 Å². The van der Waals surface area contributed by atoms with Crippen molar-refractivity contribution in [1.82, 2.24) is 19.7 Å². The summed E-state index contributed by atoms with van der Waals surface area (Å²) in [5, 5.41) is 0.0170. The lowest BCUT2D eigenvalue weighted by molar-refractivity contribution is 0.122. The first-order valence-electron chi connectivity index (χ1n) is 10.3. The van der Waals surface area contributed by atoms with Gasteiger partial charge in [0, 0.05) is 19.3 Å². The Balaban J connectivity index is 1.88. The van der Waals surface area contributed by atoms with E-state index in [1.54, 1.807) is 10.9 Å². The standard InChI is InChI=1S/C21H30N6O2Si/c1-21(2,3)30(4,5)29-27-19(15-7-6-10-23-18(15)22)24-16-8-9-17(25-20(16)27)26-11-13-28-14-12-26/h6-10H,11-14H2,1-5H3,(H2,22,23). The van der Waals surface area contributed by atoms with Crippen molar-refractivity contribution in [3.63, 3.8) is 0 Å². The molecule has 3 aromatic heterocycles. The van der Waals surface area contributed by atoms with Crippen molar-refractivity contribution >= 4 is 31.1 Å². The second kappa shape index (κ2) is 7.55. The van der Waals surface area contributed by atoms with Crippen molar-refractivity contribution in [2.45, 2.75) is 38.9 Å². The van der Waals surface area contributed by atoms with Crippen LogP contribution in [-0.4, -0.2) is 54.3 Å². The Hall–Kier alpha value is -2.65. The lowest BCUT2D eigenvalue weighted by atomic mass is 10.2. The van der Waals surface area contributed by atoms with Crippen LogP contribution in [0.1, 0.15) is 20.8 Å². The Morgan fingerprint density at radius 3 is 2.50 bits per heavy atom. The van der Waals surface area contributed by atoms with Gasteiger partial charge in [-0.2, -0.15) is 4.73 Å². The number of imidazole rings is 1. The van der Waals surface area contributed by atoms with Gasteiger partial charge in [-0.05, 0) is 42.4 Å². The molecule has 8 nitrogen and oxygen atoms in total. The minimum absolute atomic E-state index is 0.0170. The molecule has 0 atom stereocenters. The predicted octanol–water partition coefficient (Wildman–Crippen LogP) is 3.35. The fourth-order valence-electron chi connectivity index (χ4n) is 3.12. The number of hydrogen-bond acceptors (Lipinski definition) is 7. The molecule has 0 spiro atoms. The van der Waals surface area contributed by atoms with Crippen molar-refractivity contribution in [2.75, 3.05) is 36.9 Å².